The molecule has 30 heavy (non-hydrogen) atoms. The van der Waals surface area contributed by atoms with Crippen molar-refractivity contribution in [3.05, 3.63) is 78.2 Å². The van der Waals surface area contributed by atoms with Gasteiger partial charge >= 0.3 is 0 Å². The van der Waals surface area contributed by atoms with Crippen LogP contribution in [0.1, 0.15) is 30.3 Å². The van der Waals surface area contributed by atoms with E-state index < -0.39 is 0 Å². The fourth-order valence-corrected chi connectivity index (χ4v) is 3.98. The van der Waals surface area contributed by atoms with E-state index in [0.29, 0.717) is 12.6 Å². The first-order valence-electron chi connectivity index (χ1n) is 10.7. The molecule has 1 unspecified atom stereocenters. The number of H-pyrrole nitrogens is 1. The summed E-state index contributed by atoms with van der Waals surface area (Å²) in [6, 6.07) is 21.3. The summed E-state index contributed by atoms with van der Waals surface area (Å²) in [6.45, 7) is 3.72. The largest absolute Gasteiger partial charge is 0.354 e. The molecular weight excluding hydrogens is 372 g/mol. The Morgan fingerprint density at radius 3 is 2.43 bits per heavy atom. The lowest BCUT2D eigenvalue weighted by Gasteiger charge is -2.28. The number of aromatic nitrogens is 2. The molecule has 1 aliphatic rings. The minimum Gasteiger partial charge on any atom is -0.354 e. The third-order valence-electron chi connectivity index (χ3n) is 5.59. The van der Waals surface area contributed by atoms with Crippen LogP contribution in [0.3, 0.4) is 0 Å². The summed E-state index contributed by atoms with van der Waals surface area (Å²) in [7, 11) is 1.81. The van der Waals surface area contributed by atoms with Crippen LogP contribution in [-0.2, 0) is 6.54 Å². The van der Waals surface area contributed by atoms with Gasteiger partial charge in [0.15, 0.2) is 5.96 Å². The highest BCUT2D eigenvalue weighted by atomic mass is 15.2. The Bertz CT molecular complexity index is 929. The van der Waals surface area contributed by atoms with Crippen LogP contribution >= 0.6 is 0 Å². The Morgan fingerprint density at radius 1 is 1.03 bits per heavy atom. The zero-order valence-electron chi connectivity index (χ0n) is 17.5. The minimum absolute atomic E-state index is 0.348. The fourth-order valence-electron chi connectivity index (χ4n) is 3.98. The third-order valence-corrected chi connectivity index (χ3v) is 5.59. The second-order valence-electron chi connectivity index (χ2n) is 7.59. The van der Waals surface area contributed by atoms with Crippen molar-refractivity contribution in [2.45, 2.75) is 25.4 Å². The van der Waals surface area contributed by atoms with Gasteiger partial charge in [0, 0.05) is 13.6 Å². The molecule has 0 saturated carbocycles. The van der Waals surface area contributed by atoms with Crippen LogP contribution < -0.4 is 10.6 Å². The average Bonchev–Trinajstić information content (AvgIpc) is 3.50. The van der Waals surface area contributed by atoms with Gasteiger partial charge in [0.05, 0.1) is 24.5 Å². The third kappa shape index (κ3) is 5.07. The van der Waals surface area contributed by atoms with Gasteiger partial charge in [0.2, 0.25) is 0 Å². The number of imidazole rings is 1. The summed E-state index contributed by atoms with van der Waals surface area (Å²) in [5, 5.41) is 6.88. The Kier molecular flexibility index (Phi) is 6.77. The number of aromatic amines is 1. The van der Waals surface area contributed by atoms with E-state index in [-0.39, 0.29) is 0 Å². The molecule has 0 radical (unpaired) electrons. The minimum atomic E-state index is 0.348. The van der Waals surface area contributed by atoms with Crippen LogP contribution in [0.15, 0.2) is 71.9 Å². The van der Waals surface area contributed by atoms with Crippen molar-refractivity contribution in [3.8, 4) is 11.3 Å². The molecule has 0 spiro atoms. The summed E-state index contributed by atoms with van der Waals surface area (Å²) >= 11 is 0. The number of benzene rings is 2. The van der Waals surface area contributed by atoms with Crippen LogP contribution in [0, 0.1) is 0 Å². The number of rotatable bonds is 7. The second kappa shape index (κ2) is 10.1. The molecule has 4 rings (SSSR count). The number of hydrogen-bond donors (Lipinski definition) is 3. The Balaban J connectivity index is 1.34. The number of likely N-dealkylation sites (tertiary alicyclic amines) is 1. The van der Waals surface area contributed by atoms with Crippen LogP contribution in [0.5, 0.6) is 0 Å². The second-order valence-corrected chi connectivity index (χ2v) is 7.59. The van der Waals surface area contributed by atoms with E-state index in [1.54, 1.807) is 7.05 Å². The first-order chi connectivity index (χ1) is 14.8. The highest BCUT2D eigenvalue weighted by Crippen LogP contribution is 2.24. The Labute approximate surface area is 178 Å². The summed E-state index contributed by atoms with van der Waals surface area (Å²) in [4.78, 5) is 14.8. The molecule has 6 heteroatoms. The van der Waals surface area contributed by atoms with Gasteiger partial charge in [0.1, 0.15) is 5.82 Å². The summed E-state index contributed by atoms with van der Waals surface area (Å²) in [6.07, 6.45) is 4.43. The lowest BCUT2D eigenvalue weighted by molar-refractivity contribution is 0.245. The fraction of sp³-hybridized carbons (Fsp3) is 0.333. The average molecular weight is 403 g/mol. The molecule has 2 aromatic carbocycles. The molecule has 0 bridgehead atoms. The van der Waals surface area contributed by atoms with Gasteiger partial charge in [-0.05, 0) is 37.1 Å². The van der Waals surface area contributed by atoms with E-state index >= 15 is 0 Å². The summed E-state index contributed by atoms with van der Waals surface area (Å²) < 4.78 is 0. The maximum absolute atomic E-state index is 4.50. The van der Waals surface area contributed by atoms with E-state index in [4.69, 9.17) is 0 Å². The van der Waals surface area contributed by atoms with Gasteiger partial charge in [0.25, 0.3) is 0 Å². The van der Waals surface area contributed by atoms with Crippen molar-refractivity contribution in [2.24, 2.45) is 4.99 Å². The van der Waals surface area contributed by atoms with Gasteiger partial charge in [-0.25, -0.2) is 4.98 Å². The van der Waals surface area contributed by atoms with E-state index in [2.05, 4.69) is 73.0 Å². The first-order valence-corrected chi connectivity index (χ1v) is 10.7. The molecule has 3 aromatic rings. The van der Waals surface area contributed by atoms with Crippen molar-refractivity contribution in [2.75, 3.05) is 26.7 Å². The van der Waals surface area contributed by atoms with Gasteiger partial charge < -0.3 is 15.6 Å². The molecule has 3 N–H and O–H groups in total. The number of guanidine groups is 1. The van der Waals surface area contributed by atoms with Crippen molar-refractivity contribution >= 4 is 5.96 Å². The highest BCUT2D eigenvalue weighted by molar-refractivity contribution is 5.79. The van der Waals surface area contributed by atoms with Gasteiger partial charge in [-0.3, -0.25) is 9.89 Å². The number of hydrogen-bond acceptors (Lipinski definition) is 3. The van der Waals surface area contributed by atoms with Gasteiger partial charge in [-0.1, -0.05) is 60.7 Å². The molecule has 0 aliphatic carbocycles. The molecule has 156 valence electrons. The number of aliphatic imine (C=N–C) groups is 1. The SMILES string of the molecule is CN=C(NCc1ncc(-c2ccccc2)[nH]1)NCC(c1ccccc1)N1CCCC1. The standard InChI is InChI=1S/C24H30N6/c1-25-24(28-18-23-26-16-21(29-23)19-10-4-2-5-11-19)27-17-22(30-14-8-9-15-30)20-12-6-3-7-13-20/h2-7,10-13,16,22H,8-9,14-15,17-18H2,1H3,(H,26,29)(H2,25,27,28). The van der Waals surface area contributed by atoms with Crippen LogP contribution in [-0.4, -0.2) is 47.5 Å². The van der Waals surface area contributed by atoms with Crippen LogP contribution in [0.2, 0.25) is 0 Å². The lowest BCUT2D eigenvalue weighted by atomic mass is 10.1. The Morgan fingerprint density at radius 2 is 1.73 bits per heavy atom. The molecule has 1 fully saturated rings. The first kappa shape index (κ1) is 20.2. The maximum Gasteiger partial charge on any atom is 0.191 e. The van der Waals surface area contributed by atoms with Gasteiger partial charge in [-0.2, -0.15) is 0 Å². The quantitative estimate of drug-likeness (QED) is 0.417. The maximum atomic E-state index is 4.50. The van der Waals surface area contributed by atoms with Crippen molar-refractivity contribution in [1.29, 1.82) is 0 Å². The van der Waals surface area contributed by atoms with E-state index in [1.165, 1.54) is 18.4 Å². The van der Waals surface area contributed by atoms with Crippen LogP contribution in [0.4, 0.5) is 0 Å². The summed E-state index contributed by atoms with van der Waals surface area (Å²) in [5.41, 5.74) is 3.50. The molecule has 1 aromatic heterocycles. The number of nitrogens with one attached hydrogen (secondary N) is 3. The van der Waals surface area contributed by atoms with Gasteiger partial charge in [-0.15, -0.1) is 0 Å². The summed E-state index contributed by atoms with van der Waals surface area (Å²) in [5.74, 6) is 1.67. The van der Waals surface area contributed by atoms with E-state index in [9.17, 15) is 0 Å². The predicted octanol–water partition coefficient (Wildman–Crippen LogP) is 3.58. The molecule has 0 amide bonds. The van der Waals surface area contributed by atoms with E-state index in [0.717, 1.165) is 42.7 Å². The number of nitrogens with zero attached hydrogens (tertiary/aromatic N) is 3. The van der Waals surface area contributed by atoms with Crippen molar-refractivity contribution in [3.63, 3.8) is 0 Å². The van der Waals surface area contributed by atoms with E-state index in [1.807, 2.05) is 24.4 Å². The molecule has 1 saturated heterocycles. The molecule has 1 atom stereocenters. The highest BCUT2D eigenvalue weighted by Gasteiger charge is 2.23. The van der Waals surface area contributed by atoms with Crippen LogP contribution in [0.25, 0.3) is 11.3 Å². The molecule has 1 aliphatic heterocycles. The van der Waals surface area contributed by atoms with Crippen molar-refractivity contribution in [1.82, 2.24) is 25.5 Å². The molecule has 6 nitrogen and oxygen atoms in total. The lowest BCUT2D eigenvalue weighted by Crippen LogP contribution is -2.42. The molecule has 2 heterocycles. The zero-order chi connectivity index (χ0) is 20.6. The normalized spacial score (nSPS) is 15.8. The van der Waals surface area contributed by atoms with Crippen molar-refractivity contribution < 1.29 is 0 Å². The zero-order valence-corrected chi connectivity index (χ0v) is 17.5. The predicted molar refractivity (Wildman–Crippen MR) is 122 cm³/mol. The molecular formula is C24H30N6. The Hall–Kier alpha value is -3.12. The topological polar surface area (TPSA) is 68.3 Å². The monoisotopic (exact) mass is 402 g/mol. The smallest absolute Gasteiger partial charge is 0.191 e.